The Labute approximate surface area is 107 Å². The summed E-state index contributed by atoms with van der Waals surface area (Å²) in [5.41, 5.74) is -1.23. The number of carbonyl (C=O) groups excluding carboxylic acids is 2. The number of methoxy groups -OCH3 is 1. The lowest BCUT2D eigenvalue weighted by molar-refractivity contribution is -0.151. The fraction of sp³-hybridized carbons (Fsp3) is 0.833. The number of carbonyl (C=O) groups is 2. The molecule has 0 saturated carbocycles. The molecule has 1 aliphatic rings. The van der Waals surface area contributed by atoms with Crippen LogP contribution in [0.2, 0.25) is 0 Å². The predicted molar refractivity (Wildman–Crippen MR) is 63.9 cm³/mol. The van der Waals surface area contributed by atoms with Gasteiger partial charge < -0.3 is 14.2 Å². The lowest BCUT2D eigenvalue weighted by Crippen LogP contribution is -2.53. The van der Waals surface area contributed by atoms with Gasteiger partial charge in [-0.15, -0.1) is 0 Å². The molecule has 1 heterocycles. The first-order chi connectivity index (χ1) is 8.12. The van der Waals surface area contributed by atoms with E-state index in [-0.39, 0.29) is 0 Å². The van der Waals surface area contributed by atoms with Crippen molar-refractivity contribution in [1.29, 1.82) is 0 Å². The van der Waals surface area contributed by atoms with Crippen LogP contribution in [0.5, 0.6) is 0 Å². The van der Waals surface area contributed by atoms with Gasteiger partial charge in [-0.3, -0.25) is 4.90 Å². The van der Waals surface area contributed by atoms with Gasteiger partial charge in [-0.2, -0.15) is 0 Å². The summed E-state index contributed by atoms with van der Waals surface area (Å²) >= 11 is 0. The Morgan fingerprint density at radius 2 is 1.83 bits per heavy atom. The fourth-order valence-electron chi connectivity index (χ4n) is 2.10. The van der Waals surface area contributed by atoms with Crippen LogP contribution in [-0.2, 0) is 19.0 Å². The Kier molecular flexibility index (Phi) is 3.90. The second-order valence-electron chi connectivity index (χ2n) is 5.43. The molecular formula is C12H21NO5. The van der Waals surface area contributed by atoms with E-state index >= 15 is 0 Å². The molecule has 1 amide bonds. The fourth-order valence-corrected chi connectivity index (χ4v) is 2.10. The van der Waals surface area contributed by atoms with Crippen LogP contribution < -0.4 is 0 Å². The number of ether oxygens (including phenoxy) is 3. The SMILES string of the molecule is COC(=O)[C@@H](C)OC(=O)N1C(C)(C)COC1(C)C. The minimum Gasteiger partial charge on any atom is -0.466 e. The zero-order chi connectivity index (χ0) is 14.1. The molecular weight excluding hydrogens is 238 g/mol. The highest BCUT2D eigenvalue weighted by molar-refractivity contribution is 5.79. The highest BCUT2D eigenvalue weighted by Crippen LogP contribution is 2.35. The lowest BCUT2D eigenvalue weighted by Gasteiger charge is -2.37. The zero-order valence-corrected chi connectivity index (χ0v) is 11.8. The first-order valence-electron chi connectivity index (χ1n) is 5.84. The standard InChI is InChI=1S/C12H21NO5/c1-8(9(14)16-6)18-10(15)13-11(2,3)7-17-12(13,4)5/h8H,7H2,1-6H3/t8-/m1/s1. The topological polar surface area (TPSA) is 65.1 Å². The molecule has 6 heteroatoms. The van der Waals surface area contributed by atoms with Crippen LogP contribution in [0, 0.1) is 0 Å². The van der Waals surface area contributed by atoms with Crippen molar-refractivity contribution in [3.63, 3.8) is 0 Å². The van der Waals surface area contributed by atoms with E-state index < -0.39 is 29.4 Å². The molecule has 1 aliphatic heterocycles. The van der Waals surface area contributed by atoms with Crippen molar-refractivity contribution in [1.82, 2.24) is 4.90 Å². The summed E-state index contributed by atoms with van der Waals surface area (Å²) in [4.78, 5) is 24.9. The normalized spacial score (nSPS) is 22.4. The van der Waals surface area contributed by atoms with Gasteiger partial charge in [-0.05, 0) is 34.6 Å². The maximum Gasteiger partial charge on any atom is 0.413 e. The van der Waals surface area contributed by atoms with Gasteiger partial charge in [0.1, 0.15) is 5.72 Å². The number of hydrogen-bond donors (Lipinski definition) is 0. The quantitative estimate of drug-likeness (QED) is 0.704. The minimum atomic E-state index is -0.935. The van der Waals surface area contributed by atoms with Gasteiger partial charge in [0.15, 0.2) is 6.10 Å². The Balaban J connectivity index is 2.80. The third kappa shape index (κ3) is 2.75. The van der Waals surface area contributed by atoms with E-state index in [1.54, 1.807) is 13.8 Å². The molecule has 0 aromatic rings. The molecule has 1 fully saturated rings. The van der Waals surface area contributed by atoms with Crippen LogP contribution in [-0.4, -0.2) is 48.0 Å². The van der Waals surface area contributed by atoms with Crippen LogP contribution in [0.15, 0.2) is 0 Å². The number of esters is 1. The highest BCUT2D eigenvalue weighted by Gasteiger charge is 2.50. The van der Waals surface area contributed by atoms with Crippen LogP contribution in [0.1, 0.15) is 34.6 Å². The number of nitrogens with zero attached hydrogens (tertiary/aromatic N) is 1. The summed E-state index contributed by atoms with van der Waals surface area (Å²) in [7, 11) is 1.25. The first-order valence-corrected chi connectivity index (χ1v) is 5.84. The van der Waals surface area contributed by atoms with Gasteiger partial charge >= 0.3 is 12.1 Å². The summed E-state index contributed by atoms with van der Waals surface area (Å²) in [6.45, 7) is 9.22. The van der Waals surface area contributed by atoms with Crippen molar-refractivity contribution in [2.75, 3.05) is 13.7 Å². The molecule has 0 radical (unpaired) electrons. The molecule has 6 nitrogen and oxygen atoms in total. The number of amides is 1. The van der Waals surface area contributed by atoms with Gasteiger partial charge in [0.2, 0.25) is 0 Å². The maximum absolute atomic E-state index is 12.1. The minimum absolute atomic E-state index is 0.418. The van der Waals surface area contributed by atoms with E-state index in [1.807, 2.05) is 13.8 Å². The summed E-state index contributed by atoms with van der Waals surface area (Å²) < 4.78 is 15.2. The van der Waals surface area contributed by atoms with E-state index in [1.165, 1.54) is 18.9 Å². The molecule has 1 atom stereocenters. The van der Waals surface area contributed by atoms with Crippen LogP contribution in [0.3, 0.4) is 0 Å². The Bertz CT molecular complexity index is 334. The van der Waals surface area contributed by atoms with Gasteiger partial charge in [0, 0.05) is 0 Å². The molecule has 0 bridgehead atoms. The van der Waals surface area contributed by atoms with E-state index in [0.717, 1.165) is 0 Å². The largest absolute Gasteiger partial charge is 0.466 e. The number of hydrogen-bond acceptors (Lipinski definition) is 5. The van der Waals surface area contributed by atoms with Crippen molar-refractivity contribution in [3.05, 3.63) is 0 Å². The average Bonchev–Trinajstić information content (AvgIpc) is 2.46. The van der Waals surface area contributed by atoms with Crippen molar-refractivity contribution in [2.24, 2.45) is 0 Å². The summed E-state index contributed by atoms with van der Waals surface area (Å²) in [6.07, 6.45) is -1.52. The van der Waals surface area contributed by atoms with E-state index in [2.05, 4.69) is 4.74 Å². The Morgan fingerprint density at radius 1 is 1.28 bits per heavy atom. The molecule has 0 unspecified atom stereocenters. The van der Waals surface area contributed by atoms with Crippen molar-refractivity contribution < 1.29 is 23.8 Å². The number of rotatable bonds is 2. The molecule has 0 spiro atoms. The summed E-state index contributed by atoms with van der Waals surface area (Å²) in [6, 6.07) is 0. The third-order valence-electron chi connectivity index (χ3n) is 2.92. The van der Waals surface area contributed by atoms with Gasteiger partial charge in [0.05, 0.1) is 19.3 Å². The highest BCUT2D eigenvalue weighted by atomic mass is 16.6. The maximum atomic E-state index is 12.1. The Hall–Kier alpha value is -1.30. The van der Waals surface area contributed by atoms with Gasteiger partial charge in [-0.1, -0.05) is 0 Å². The first kappa shape index (κ1) is 14.8. The summed E-state index contributed by atoms with van der Waals surface area (Å²) in [5.74, 6) is -0.584. The van der Waals surface area contributed by atoms with E-state index in [9.17, 15) is 9.59 Å². The molecule has 0 aliphatic carbocycles. The zero-order valence-electron chi connectivity index (χ0n) is 11.8. The molecule has 0 N–H and O–H groups in total. The smallest absolute Gasteiger partial charge is 0.413 e. The third-order valence-corrected chi connectivity index (χ3v) is 2.92. The van der Waals surface area contributed by atoms with Crippen molar-refractivity contribution in [2.45, 2.75) is 52.0 Å². The monoisotopic (exact) mass is 259 g/mol. The van der Waals surface area contributed by atoms with E-state index in [0.29, 0.717) is 6.61 Å². The molecule has 1 saturated heterocycles. The molecule has 0 aromatic heterocycles. The average molecular weight is 259 g/mol. The van der Waals surface area contributed by atoms with Crippen LogP contribution in [0.25, 0.3) is 0 Å². The second-order valence-corrected chi connectivity index (χ2v) is 5.43. The lowest BCUT2D eigenvalue weighted by atomic mass is 10.0. The van der Waals surface area contributed by atoms with Crippen molar-refractivity contribution in [3.8, 4) is 0 Å². The predicted octanol–water partition coefficient (Wildman–Crippen LogP) is 1.53. The molecule has 104 valence electrons. The molecule has 18 heavy (non-hydrogen) atoms. The molecule has 0 aromatic carbocycles. The molecule has 1 rings (SSSR count). The van der Waals surface area contributed by atoms with Gasteiger partial charge in [-0.25, -0.2) is 9.59 Å². The van der Waals surface area contributed by atoms with Crippen LogP contribution >= 0.6 is 0 Å². The Morgan fingerprint density at radius 3 is 2.22 bits per heavy atom. The van der Waals surface area contributed by atoms with Crippen LogP contribution in [0.4, 0.5) is 4.79 Å². The van der Waals surface area contributed by atoms with E-state index in [4.69, 9.17) is 9.47 Å². The summed E-state index contributed by atoms with van der Waals surface area (Å²) in [5, 5.41) is 0. The second kappa shape index (κ2) is 4.76. The van der Waals surface area contributed by atoms with Crippen molar-refractivity contribution >= 4 is 12.1 Å². The van der Waals surface area contributed by atoms with Gasteiger partial charge in [0.25, 0.3) is 0 Å².